The zero-order valence-corrected chi connectivity index (χ0v) is 20.1. The molecule has 1 N–H and O–H groups in total. The van der Waals surface area contributed by atoms with Crippen LogP contribution in [0.4, 0.5) is 5.69 Å². The molecule has 0 fully saturated rings. The molecule has 0 unspecified atom stereocenters. The van der Waals surface area contributed by atoms with E-state index in [0.29, 0.717) is 24.5 Å². The van der Waals surface area contributed by atoms with E-state index in [2.05, 4.69) is 10.1 Å². The first kappa shape index (κ1) is 25.1. The second-order valence-electron chi connectivity index (χ2n) is 7.52. The average Bonchev–Trinajstić information content (AvgIpc) is 3.12. The Bertz CT molecular complexity index is 1350. The number of aryl methyl sites for hydroxylation is 1. The van der Waals surface area contributed by atoms with Gasteiger partial charge in [-0.1, -0.05) is 39.0 Å². The number of nitrogens with one attached hydrogen (secondary N) is 1. The smallest absolute Gasteiger partial charge is 0.280 e. The third-order valence-electron chi connectivity index (χ3n) is 5.47. The van der Waals surface area contributed by atoms with Crippen LogP contribution in [-0.2, 0) is 27.7 Å². The summed E-state index contributed by atoms with van der Waals surface area (Å²) in [5.41, 5.74) is 1.76. The monoisotopic (exact) mass is 483 g/mol. The van der Waals surface area contributed by atoms with Crippen molar-refractivity contribution in [3.05, 3.63) is 75.7 Å². The number of rotatable bonds is 10. The van der Waals surface area contributed by atoms with Crippen LogP contribution in [0.3, 0.4) is 0 Å². The van der Waals surface area contributed by atoms with E-state index in [1.165, 1.54) is 39.5 Å². The third-order valence-corrected chi connectivity index (χ3v) is 7.53. The number of aromatic amines is 1. The summed E-state index contributed by atoms with van der Waals surface area (Å²) in [6.45, 7) is 6.19. The number of aromatic nitrogens is 2. The molecule has 2 aromatic carbocycles. The highest BCUT2D eigenvalue weighted by Crippen LogP contribution is 2.20. The minimum atomic E-state index is -3.65. The number of H-pyrrole nitrogens is 1. The molecule has 0 bridgehead atoms. The predicted molar refractivity (Wildman–Crippen MR) is 128 cm³/mol. The summed E-state index contributed by atoms with van der Waals surface area (Å²) in [5, 5.41) is 14.1. The Morgan fingerprint density at radius 1 is 1.09 bits per heavy atom. The Morgan fingerprint density at radius 3 is 2.32 bits per heavy atom. The van der Waals surface area contributed by atoms with Crippen molar-refractivity contribution < 1.29 is 18.3 Å². The van der Waals surface area contributed by atoms with Crippen LogP contribution in [0.15, 0.2) is 63.2 Å². The lowest BCUT2D eigenvalue weighted by Gasteiger charge is -2.18. The normalized spacial score (nSPS) is 12.0. The van der Waals surface area contributed by atoms with E-state index in [4.69, 9.17) is 0 Å². The fourth-order valence-corrected chi connectivity index (χ4v) is 5.10. The molecule has 3 aromatic rings. The van der Waals surface area contributed by atoms with Gasteiger partial charge in [0.1, 0.15) is 0 Å². The second-order valence-corrected chi connectivity index (χ2v) is 9.46. The minimum Gasteiger partial charge on any atom is -0.550 e. The van der Waals surface area contributed by atoms with Crippen LogP contribution >= 0.6 is 0 Å². The van der Waals surface area contributed by atoms with Crippen LogP contribution in [0.2, 0.25) is 0 Å². The maximum atomic E-state index is 13.1. The van der Waals surface area contributed by atoms with Gasteiger partial charge in [-0.3, -0.25) is 14.9 Å². The Morgan fingerprint density at radius 2 is 1.74 bits per heavy atom. The summed E-state index contributed by atoms with van der Waals surface area (Å²) in [5.74, 6) is -1.35. The highest BCUT2D eigenvalue weighted by molar-refractivity contribution is 7.89. The van der Waals surface area contributed by atoms with Crippen LogP contribution in [0, 0.1) is 0 Å². The molecule has 0 radical (unpaired) electrons. The number of carbonyl (C=O) groups excluding carboxylic acids is 1. The summed E-state index contributed by atoms with van der Waals surface area (Å²) in [6.07, 6.45) is 1.59. The highest BCUT2D eigenvalue weighted by Gasteiger charge is 2.22. The molecule has 0 amide bonds. The number of benzene rings is 2. The summed E-state index contributed by atoms with van der Waals surface area (Å²) in [6, 6.07) is 13.3. The number of carbonyl (C=O) groups is 1. The first-order valence-electron chi connectivity index (χ1n) is 11.0. The van der Waals surface area contributed by atoms with Gasteiger partial charge in [-0.2, -0.15) is 4.31 Å². The molecule has 9 nitrogen and oxygen atoms in total. The third kappa shape index (κ3) is 5.18. The Balaban J connectivity index is 2.03. The maximum absolute atomic E-state index is 13.1. The number of aliphatic imine (C=N–C) groups is 1. The Labute approximate surface area is 198 Å². The first-order chi connectivity index (χ1) is 16.2. The number of nitrogens with zero attached hydrogens (tertiary/aromatic N) is 3. The van der Waals surface area contributed by atoms with Crippen molar-refractivity contribution >= 4 is 27.9 Å². The van der Waals surface area contributed by atoms with Gasteiger partial charge in [0.05, 0.1) is 27.5 Å². The summed E-state index contributed by atoms with van der Waals surface area (Å²) in [4.78, 5) is 28.9. The van der Waals surface area contributed by atoms with Gasteiger partial charge in [0.15, 0.2) is 0 Å². The number of hydrogen-bond acceptors (Lipinski definition) is 6. The SMILES string of the molecule is CCc1ccccc1N=Cc1c(CC(=O)[O-])[nH]n(-c2ccc(S(=O)(=O)N(CC)CC)cc2)c1=O. The van der Waals surface area contributed by atoms with E-state index in [1.54, 1.807) is 13.8 Å². The fraction of sp³-hybridized carbons (Fsp3) is 0.292. The lowest BCUT2D eigenvalue weighted by atomic mass is 10.1. The summed E-state index contributed by atoms with van der Waals surface area (Å²) >= 11 is 0. The zero-order valence-electron chi connectivity index (χ0n) is 19.3. The lowest BCUT2D eigenvalue weighted by Crippen LogP contribution is -2.30. The highest BCUT2D eigenvalue weighted by atomic mass is 32.2. The molecule has 0 aliphatic heterocycles. The Hall–Kier alpha value is -3.50. The molecule has 34 heavy (non-hydrogen) atoms. The molecule has 10 heteroatoms. The molecule has 180 valence electrons. The molecule has 3 rings (SSSR count). The fourth-order valence-electron chi connectivity index (χ4n) is 3.64. The van der Waals surface area contributed by atoms with Crippen molar-refractivity contribution in [3.63, 3.8) is 0 Å². The summed E-state index contributed by atoms with van der Waals surface area (Å²) in [7, 11) is -3.65. The second kappa shape index (κ2) is 10.6. The Kier molecular flexibility index (Phi) is 7.85. The molecule has 0 aliphatic carbocycles. The van der Waals surface area contributed by atoms with E-state index in [-0.39, 0.29) is 16.2 Å². The standard InChI is InChI=1S/C24H28N4O5S/c1-4-17-9-7-8-10-21(17)25-16-20-22(15-23(29)30)26-28(24(20)31)18-11-13-19(14-12-18)34(32,33)27(5-2)6-3/h7-14,16,26H,4-6,15H2,1-3H3,(H,29,30)/p-1. The van der Waals surface area contributed by atoms with E-state index in [0.717, 1.165) is 12.0 Å². The molecule has 1 heterocycles. The van der Waals surface area contributed by atoms with Gasteiger partial charge < -0.3 is 9.90 Å². The molecule has 0 saturated carbocycles. The number of carboxylic acids is 1. The predicted octanol–water partition coefficient (Wildman–Crippen LogP) is 1.80. The minimum absolute atomic E-state index is 0.0925. The van der Waals surface area contributed by atoms with Crippen molar-refractivity contribution in [2.45, 2.75) is 38.5 Å². The molecule has 0 aliphatic rings. The van der Waals surface area contributed by atoms with Gasteiger partial charge in [0, 0.05) is 31.7 Å². The van der Waals surface area contributed by atoms with Crippen molar-refractivity contribution in [2.24, 2.45) is 4.99 Å². The topological polar surface area (TPSA) is 128 Å². The van der Waals surface area contributed by atoms with E-state index < -0.39 is 28.0 Å². The quantitative estimate of drug-likeness (QED) is 0.440. The van der Waals surface area contributed by atoms with Crippen LogP contribution in [0.1, 0.15) is 37.6 Å². The molecule has 0 atom stereocenters. The number of carboxylic acid groups (broad SMARTS) is 1. The molecule has 0 spiro atoms. The van der Waals surface area contributed by atoms with E-state index in [9.17, 15) is 23.1 Å². The molecular formula is C24H27N4O5S-. The van der Waals surface area contributed by atoms with Gasteiger partial charge in [-0.15, -0.1) is 0 Å². The number of hydrogen-bond donors (Lipinski definition) is 1. The maximum Gasteiger partial charge on any atom is 0.280 e. The van der Waals surface area contributed by atoms with Gasteiger partial charge in [-0.05, 0) is 42.3 Å². The number of aliphatic carboxylic acids is 1. The van der Waals surface area contributed by atoms with Crippen molar-refractivity contribution in [1.29, 1.82) is 0 Å². The largest absolute Gasteiger partial charge is 0.550 e. The molecule has 1 aromatic heterocycles. The van der Waals surface area contributed by atoms with Crippen LogP contribution in [-0.4, -0.2) is 47.8 Å². The van der Waals surface area contributed by atoms with Crippen LogP contribution in [0.25, 0.3) is 5.69 Å². The number of sulfonamides is 1. The van der Waals surface area contributed by atoms with Gasteiger partial charge in [0.25, 0.3) is 5.56 Å². The molecular weight excluding hydrogens is 456 g/mol. The van der Waals surface area contributed by atoms with Gasteiger partial charge in [-0.25, -0.2) is 13.1 Å². The zero-order chi connectivity index (χ0) is 24.9. The number of para-hydroxylation sites is 1. The van der Waals surface area contributed by atoms with Crippen molar-refractivity contribution in [3.8, 4) is 5.69 Å². The average molecular weight is 484 g/mol. The molecule has 0 saturated heterocycles. The summed E-state index contributed by atoms with van der Waals surface area (Å²) < 4.78 is 27.9. The van der Waals surface area contributed by atoms with Crippen LogP contribution in [0.5, 0.6) is 0 Å². The van der Waals surface area contributed by atoms with E-state index in [1.807, 2.05) is 31.2 Å². The first-order valence-corrected chi connectivity index (χ1v) is 12.4. The van der Waals surface area contributed by atoms with Crippen LogP contribution < -0.4 is 10.7 Å². The van der Waals surface area contributed by atoms with Gasteiger partial charge in [0.2, 0.25) is 10.0 Å². The van der Waals surface area contributed by atoms with E-state index >= 15 is 0 Å². The van der Waals surface area contributed by atoms with Gasteiger partial charge >= 0.3 is 0 Å². The lowest BCUT2D eigenvalue weighted by molar-refractivity contribution is -0.304. The van der Waals surface area contributed by atoms with Crippen molar-refractivity contribution in [2.75, 3.05) is 13.1 Å². The van der Waals surface area contributed by atoms with Crippen molar-refractivity contribution in [1.82, 2.24) is 14.1 Å².